The van der Waals surface area contributed by atoms with Crippen molar-refractivity contribution < 1.29 is 14.7 Å². The number of anilines is 1. The maximum Gasteiger partial charge on any atom is 0.336 e. The summed E-state index contributed by atoms with van der Waals surface area (Å²) in [5.41, 5.74) is 7.13. The number of ketones is 1. The van der Waals surface area contributed by atoms with Crippen molar-refractivity contribution in [2.75, 3.05) is 5.73 Å². The fourth-order valence-electron chi connectivity index (χ4n) is 1.78. The molecule has 5 heteroatoms. The third-order valence-corrected chi connectivity index (χ3v) is 2.74. The van der Waals surface area contributed by atoms with Crippen LogP contribution in [-0.2, 0) is 0 Å². The molecule has 0 aliphatic rings. The molecule has 0 atom stereocenters. The van der Waals surface area contributed by atoms with Gasteiger partial charge in [-0.05, 0) is 24.6 Å². The first-order valence-electron chi connectivity index (χ1n) is 5.59. The van der Waals surface area contributed by atoms with Crippen molar-refractivity contribution in [3.63, 3.8) is 0 Å². The maximum absolute atomic E-state index is 11.3. The van der Waals surface area contributed by atoms with Gasteiger partial charge in [0.15, 0.2) is 5.78 Å². The predicted molar refractivity (Wildman–Crippen MR) is 71.0 cm³/mol. The Morgan fingerprint density at radius 1 is 1.26 bits per heavy atom. The summed E-state index contributed by atoms with van der Waals surface area (Å²) in [6, 6.07) is 8.05. The summed E-state index contributed by atoms with van der Waals surface area (Å²) in [4.78, 5) is 26.5. The van der Waals surface area contributed by atoms with Crippen molar-refractivity contribution in [3.05, 3.63) is 47.7 Å². The number of hydrogen-bond acceptors (Lipinski definition) is 4. The maximum atomic E-state index is 11.3. The number of hydrogen-bond donors (Lipinski definition) is 2. The van der Waals surface area contributed by atoms with Gasteiger partial charge in [0, 0.05) is 17.3 Å². The molecule has 0 spiro atoms. The van der Waals surface area contributed by atoms with E-state index in [4.69, 9.17) is 5.73 Å². The second-order valence-corrected chi connectivity index (χ2v) is 4.10. The lowest BCUT2D eigenvalue weighted by Crippen LogP contribution is -2.03. The molecule has 0 saturated carbocycles. The smallest absolute Gasteiger partial charge is 0.336 e. The Morgan fingerprint density at radius 2 is 2.00 bits per heavy atom. The van der Waals surface area contributed by atoms with Crippen LogP contribution in [0, 0.1) is 0 Å². The Morgan fingerprint density at radius 3 is 2.63 bits per heavy atom. The van der Waals surface area contributed by atoms with Gasteiger partial charge in [-0.25, -0.2) is 9.78 Å². The highest BCUT2D eigenvalue weighted by Gasteiger charge is 2.13. The number of nitrogens with two attached hydrogens (primary N) is 1. The summed E-state index contributed by atoms with van der Waals surface area (Å²) in [7, 11) is 0. The molecule has 5 nitrogen and oxygen atoms in total. The summed E-state index contributed by atoms with van der Waals surface area (Å²) < 4.78 is 0. The van der Waals surface area contributed by atoms with Crippen molar-refractivity contribution in [1.29, 1.82) is 0 Å². The first-order valence-corrected chi connectivity index (χ1v) is 5.59. The van der Waals surface area contributed by atoms with Gasteiger partial charge in [-0.3, -0.25) is 4.79 Å². The number of aromatic carboxylic acids is 1. The summed E-state index contributed by atoms with van der Waals surface area (Å²) in [6.07, 6.45) is 1.40. The number of pyridine rings is 1. The Balaban J connectivity index is 2.61. The Kier molecular flexibility index (Phi) is 3.29. The standard InChI is InChI=1S/C14H12N2O3/c1-8(17)9-3-2-4-10(5-9)12-7-16-13(15)6-11(12)14(18)19/h2-7H,1H3,(H2,15,16)(H,18,19). The Bertz CT molecular complexity index is 665. The van der Waals surface area contributed by atoms with Gasteiger partial charge in [0.1, 0.15) is 5.82 Å². The highest BCUT2D eigenvalue weighted by molar-refractivity contribution is 5.99. The van der Waals surface area contributed by atoms with Crippen molar-refractivity contribution in [1.82, 2.24) is 4.98 Å². The second-order valence-electron chi connectivity index (χ2n) is 4.10. The molecule has 0 bridgehead atoms. The zero-order valence-corrected chi connectivity index (χ0v) is 10.3. The summed E-state index contributed by atoms with van der Waals surface area (Å²) in [6.45, 7) is 1.46. The van der Waals surface area contributed by atoms with Crippen molar-refractivity contribution in [2.45, 2.75) is 6.92 Å². The first kappa shape index (κ1) is 12.8. The quantitative estimate of drug-likeness (QED) is 0.821. The highest BCUT2D eigenvalue weighted by Crippen LogP contribution is 2.25. The van der Waals surface area contributed by atoms with Gasteiger partial charge in [0.25, 0.3) is 0 Å². The van der Waals surface area contributed by atoms with Crippen LogP contribution in [0.4, 0.5) is 5.82 Å². The minimum absolute atomic E-state index is 0.0632. The van der Waals surface area contributed by atoms with E-state index in [9.17, 15) is 14.7 Å². The third kappa shape index (κ3) is 2.60. The molecule has 96 valence electrons. The number of Topliss-reactive ketones (excluding diaryl/α,β-unsaturated/α-hetero) is 1. The predicted octanol–water partition coefficient (Wildman–Crippen LogP) is 2.23. The van der Waals surface area contributed by atoms with Crippen molar-refractivity contribution >= 4 is 17.6 Å². The molecule has 3 N–H and O–H groups in total. The lowest BCUT2D eigenvalue weighted by molar-refractivity contribution is 0.0697. The second kappa shape index (κ2) is 4.89. The highest BCUT2D eigenvalue weighted by atomic mass is 16.4. The van der Waals surface area contributed by atoms with Crippen LogP contribution in [0.5, 0.6) is 0 Å². The van der Waals surface area contributed by atoms with E-state index in [0.29, 0.717) is 16.7 Å². The molecule has 0 amide bonds. The van der Waals surface area contributed by atoms with E-state index < -0.39 is 5.97 Å². The number of carboxylic acids is 1. The van der Waals surface area contributed by atoms with Gasteiger partial charge in [0.2, 0.25) is 0 Å². The number of aromatic nitrogens is 1. The summed E-state index contributed by atoms with van der Waals surface area (Å²) >= 11 is 0. The van der Waals surface area contributed by atoms with Crippen molar-refractivity contribution in [3.8, 4) is 11.1 Å². The summed E-state index contributed by atoms with van der Waals surface area (Å²) in [5, 5.41) is 9.18. The molecule has 0 aliphatic heterocycles. The molecule has 0 aliphatic carbocycles. The van der Waals surface area contributed by atoms with Crippen LogP contribution in [0.25, 0.3) is 11.1 Å². The van der Waals surface area contributed by atoms with Crippen LogP contribution in [0.2, 0.25) is 0 Å². The van der Waals surface area contributed by atoms with Gasteiger partial charge >= 0.3 is 5.97 Å². The van der Waals surface area contributed by atoms with E-state index in [-0.39, 0.29) is 17.2 Å². The lowest BCUT2D eigenvalue weighted by atomic mass is 9.99. The van der Waals surface area contributed by atoms with Crippen LogP contribution < -0.4 is 5.73 Å². The number of carbonyl (C=O) groups excluding carboxylic acids is 1. The largest absolute Gasteiger partial charge is 0.478 e. The number of nitrogen functional groups attached to an aromatic ring is 1. The van der Waals surface area contributed by atoms with Gasteiger partial charge in [-0.15, -0.1) is 0 Å². The lowest BCUT2D eigenvalue weighted by Gasteiger charge is -2.07. The van der Waals surface area contributed by atoms with Crippen LogP contribution in [0.3, 0.4) is 0 Å². The number of carboxylic acid groups (broad SMARTS) is 1. The van der Waals surface area contributed by atoms with Gasteiger partial charge in [-0.2, -0.15) is 0 Å². The number of carbonyl (C=O) groups is 2. The van der Waals surface area contributed by atoms with Crippen LogP contribution in [0.15, 0.2) is 36.5 Å². The Hall–Kier alpha value is -2.69. The van der Waals surface area contributed by atoms with Crippen LogP contribution in [-0.4, -0.2) is 21.8 Å². The van der Waals surface area contributed by atoms with E-state index in [1.165, 1.54) is 19.2 Å². The minimum Gasteiger partial charge on any atom is -0.478 e. The van der Waals surface area contributed by atoms with Crippen LogP contribution in [0.1, 0.15) is 27.6 Å². The molecule has 0 saturated heterocycles. The van der Waals surface area contributed by atoms with E-state index in [1.807, 2.05) is 0 Å². The topological polar surface area (TPSA) is 93.3 Å². The molecule has 2 aromatic rings. The molecular formula is C14H12N2O3. The fraction of sp³-hybridized carbons (Fsp3) is 0.0714. The molecule has 0 unspecified atom stereocenters. The number of rotatable bonds is 3. The molecule has 0 fully saturated rings. The van der Waals surface area contributed by atoms with E-state index in [1.54, 1.807) is 24.3 Å². The van der Waals surface area contributed by atoms with Gasteiger partial charge in [-0.1, -0.05) is 18.2 Å². The first-order chi connectivity index (χ1) is 8.99. The van der Waals surface area contributed by atoms with Gasteiger partial charge < -0.3 is 10.8 Å². The molecule has 0 radical (unpaired) electrons. The zero-order chi connectivity index (χ0) is 14.0. The minimum atomic E-state index is -1.09. The molecule has 2 rings (SSSR count). The average molecular weight is 256 g/mol. The normalized spacial score (nSPS) is 10.2. The van der Waals surface area contributed by atoms with Crippen molar-refractivity contribution in [2.24, 2.45) is 0 Å². The zero-order valence-electron chi connectivity index (χ0n) is 10.3. The average Bonchev–Trinajstić information content (AvgIpc) is 2.38. The monoisotopic (exact) mass is 256 g/mol. The summed E-state index contributed by atoms with van der Waals surface area (Å²) in [5.74, 6) is -1.02. The molecular weight excluding hydrogens is 244 g/mol. The molecule has 19 heavy (non-hydrogen) atoms. The number of nitrogens with zero attached hydrogens (tertiary/aromatic N) is 1. The SMILES string of the molecule is CC(=O)c1cccc(-c2cnc(N)cc2C(=O)O)c1. The molecule has 1 heterocycles. The van der Waals surface area contributed by atoms with Gasteiger partial charge in [0.05, 0.1) is 5.56 Å². The van der Waals surface area contributed by atoms with Crippen LogP contribution >= 0.6 is 0 Å². The third-order valence-electron chi connectivity index (χ3n) is 2.74. The number of benzene rings is 1. The fourth-order valence-corrected chi connectivity index (χ4v) is 1.78. The Labute approximate surface area is 109 Å². The van der Waals surface area contributed by atoms with E-state index in [0.717, 1.165) is 0 Å². The molecule has 1 aromatic carbocycles. The van der Waals surface area contributed by atoms with E-state index >= 15 is 0 Å². The molecule has 1 aromatic heterocycles. The van der Waals surface area contributed by atoms with E-state index in [2.05, 4.69) is 4.98 Å².